The lowest BCUT2D eigenvalue weighted by molar-refractivity contribution is -0.137. The van der Waals surface area contributed by atoms with Gasteiger partial charge < -0.3 is 5.32 Å². The Labute approximate surface area is 189 Å². The third-order valence-electron chi connectivity index (χ3n) is 5.50. The number of rotatable bonds is 5. The standard InChI is InChI=1S/C20H24ClF3N4O3S/c1-12-6-8-27(9-7-12)32(30,31)19-13(2)26-28(14(19)3)11-18(29)25-15-4-5-17(21)16(10-15)20(22,23)24/h4-5,10,12H,6-9,11H2,1-3H3,(H,25,29). The second-order valence-electron chi connectivity index (χ2n) is 7.98. The van der Waals surface area contributed by atoms with Gasteiger partial charge in [-0.15, -0.1) is 0 Å². The molecular weight excluding hydrogens is 469 g/mol. The molecule has 0 atom stereocenters. The third-order valence-corrected chi connectivity index (χ3v) is 7.99. The quantitative estimate of drug-likeness (QED) is 0.677. The van der Waals surface area contributed by atoms with E-state index in [-0.39, 0.29) is 22.8 Å². The Bertz CT molecular complexity index is 1120. The van der Waals surface area contributed by atoms with E-state index in [2.05, 4.69) is 17.3 Å². The van der Waals surface area contributed by atoms with Crippen molar-refractivity contribution in [3.05, 3.63) is 40.2 Å². The normalized spacial score (nSPS) is 16.3. The van der Waals surface area contributed by atoms with Crippen LogP contribution in [0.4, 0.5) is 18.9 Å². The van der Waals surface area contributed by atoms with Crippen LogP contribution in [0.15, 0.2) is 23.1 Å². The Morgan fingerprint density at radius 1 is 1.25 bits per heavy atom. The van der Waals surface area contributed by atoms with Crippen molar-refractivity contribution >= 4 is 33.2 Å². The topological polar surface area (TPSA) is 84.3 Å². The average molecular weight is 493 g/mol. The van der Waals surface area contributed by atoms with Gasteiger partial charge in [-0.1, -0.05) is 18.5 Å². The largest absolute Gasteiger partial charge is 0.417 e. The fourth-order valence-electron chi connectivity index (χ4n) is 3.72. The SMILES string of the molecule is Cc1nn(CC(=O)Nc2ccc(Cl)c(C(F)(F)F)c2)c(C)c1S(=O)(=O)N1CCC(C)CC1. The van der Waals surface area contributed by atoms with Crippen LogP contribution in [0.2, 0.25) is 5.02 Å². The number of aromatic nitrogens is 2. The van der Waals surface area contributed by atoms with Gasteiger partial charge in [-0.25, -0.2) is 8.42 Å². The summed E-state index contributed by atoms with van der Waals surface area (Å²) in [5.74, 6) is -0.192. The monoisotopic (exact) mass is 492 g/mol. The number of nitrogens with one attached hydrogen (secondary N) is 1. The molecule has 0 bridgehead atoms. The Morgan fingerprint density at radius 3 is 2.47 bits per heavy atom. The van der Waals surface area contributed by atoms with Crippen LogP contribution in [0.5, 0.6) is 0 Å². The van der Waals surface area contributed by atoms with Gasteiger partial charge in [-0.2, -0.15) is 22.6 Å². The molecule has 12 heteroatoms. The van der Waals surface area contributed by atoms with E-state index < -0.39 is 32.7 Å². The lowest BCUT2D eigenvalue weighted by Gasteiger charge is -2.29. The Hall–Kier alpha value is -2.11. The van der Waals surface area contributed by atoms with Crippen molar-refractivity contribution < 1.29 is 26.4 Å². The van der Waals surface area contributed by atoms with E-state index in [1.165, 1.54) is 15.1 Å². The number of carbonyl (C=O) groups excluding carboxylic acids is 1. The summed E-state index contributed by atoms with van der Waals surface area (Å²) in [5, 5.41) is 6.09. The minimum absolute atomic E-state index is 0.0608. The predicted molar refractivity (Wildman–Crippen MR) is 114 cm³/mol. The van der Waals surface area contributed by atoms with Crippen molar-refractivity contribution in [1.82, 2.24) is 14.1 Å². The number of aryl methyl sites for hydroxylation is 1. The first-order valence-electron chi connectivity index (χ1n) is 10.0. The molecule has 1 fully saturated rings. The maximum atomic E-state index is 13.1. The second kappa shape index (κ2) is 9.03. The number of hydrogen-bond acceptors (Lipinski definition) is 4. The number of alkyl halides is 3. The van der Waals surface area contributed by atoms with Gasteiger partial charge in [-0.3, -0.25) is 9.48 Å². The van der Waals surface area contributed by atoms with Crippen LogP contribution in [0.3, 0.4) is 0 Å². The second-order valence-corrected chi connectivity index (χ2v) is 10.3. The number of carbonyl (C=O) groups is 1. The number of amides is 1. The van der Waals surface area contributed by atoms with Gasteiger partial charge in [0, 0.05) is 18.8 Å². The highest BCUT2D eigenvalue weighted by atomic mass is 35.5. The minimum atomic E-state index is -4.66. The van der Waals surface area contributed by atoms with Crippen LogP contribution < -0.4 is 5.32 Å². The van der Waals surface area contributed by atoms with Crippen LogP contribution >= 0.6 is 11.6 Å². The molecule has 0 aliphatic carbocycles. The van der Waals surface area contributed by atoms with E-state index in [1.807, 2.05) is 0 Å². The molecule has 0 spiro atoms. The molecule has 1 aromatic heterocycles. The van der Waals surface area contributed by atoms with Gasteiger partial charge in [0.05, 0.1) is 22.0 Å². The van der Waals surface area contributed by atoms with Crippen LogP contribution in [0.25, 0.3) is 0 Å². The molecular formula is C20H24ClF3N4O3S. The first kappa shape index (κ1) is 24.5. The molecule has 32 heavy (non-hydrogen) atoms. The molecule has 0 unspecified atom stereocenters. The number of anilines is 1. The fourth-order valence-corrected chi connectivity index (χ4v) is 5.79. The summed E-state index contributed by atoms with van der Waals surface area (Å²) in [5.41, 5.74) is -0.584. The molecule has 1 aliphatic rings. The zero-order chi connectivity index (χ0) is 23.8. The summed E-state index contributed by atoms with van der Waals surface area (Å²) >= 11 is 5.60. The summed E-state index contributed by atoms with van der Waals surface area (Å²) in [6.07, 6.45) is -3.12. The molecule has 0 radical (unpaired) electrons. The van der Waals surface area contributed by atoms with Crippen LogP contribution in [-0.4, -0.2) is 41.5 Å². The highest BCUT2D eigenvalue weighted by molar-refractivity contribution is 7.89. The maximum Gasteiger partial charge on any atom is 0.417 e. The molecule has 176 valence electrons. The van der Waals surface area contributed by atoms with Crippen molar-refractivity contribution in [1.29, 1.82) is 0 Å². The zero-order valence-electron chi connectivity index (χ0n) is 17.8. The van der Waals surface area contributed by atoms with Crippen LogP contribution in [0, 0.1) is 19.8 Å². The Morgan fingerprint density at radius 2 is 1.88 bits per heavy atom. The molecule has 3 rings (SSSR count). The van der Waals surface area contributed by atoms with Crippen molar-refractivity contribution in [3.63, 3.8) is 0 Å². The van der Waals surface area contributed by atoms with Crippen molar-refractivity contribution in [2.75, 3.05) is 18.4 Å². The number of halogens is 4. The number of benzene rings is 1. The summed E-state index contributed by atoms with van der Waals surface area (Å²) in [7, 11) is -3.77. The number of sulfonamides is 1. The Balaban J connectivity index is 1.79. The summed E-state index contributed by atoms with van der Waals surface area (Å²) in [6, 6.07) is 3.05. The predicted octanol–water partition coefficient (Wildman–Crippen LogP) is 4.23. The zero-order valence-corrected chi connectivity index (χ0v) is 19.4. The third kappa shape index (κ3) is 5.10. The highest BCUT2D eigenvalue weighted by Crippen LogP contribution is 2.36. The molecule has 1 saturated heterocycles. The minimum Gasteiger partial charge on any atom is -0.324 e. The lowest BCUT2D eigenvalue weighted by atomic mass is 10.0. The molecule has 1 N–H and O–H groups in total. The van der Waals surface area contributed by atoms with Crippen molar-refractivity contribution in [2.24, 2.45) is 5.92 Å². The van der Waals surface area contributed by atoms with E-state index in [0.717, 1.165) is 25.0 Å². The fraction of sp³-hybridized carbons (Fsp3) is 0.500. The summed E-state index contributed by atoms with van der Waals surface area (Å²) in [4.78, 5) is 12.5. The number of piperidine rings is 1. The van der Waals surface area contributed by atoms with E-state index in [1.54, 1.807) is 13.8 Å². The molecule has 0 saturated carbocycles. The lowest BCUT2D eigenvalue weighted by Crippen LogP contribution is -2.38. The van der Waals surface area contributed by atoms with Gasteiger partial charge in [0.2, 0.25) is 15.9 Å². The highest BCUT2D eigenvalue weighted by Gasteiger charge is 2.34. The molecule has 1 amide bonds. The van der Waals surface area contributed by atoms with Gasteiger partial charge >= 0.3 is 6.18 Å². The summed E-state index contributed by atoms with van der Waals surface area (Å²) in [6.45, 7) is 5.67. The number of nitrogens with zero attached hydrogens (tertiary/aromatic N) is 3. The van der Waals surface area contributed by atoms with E-state index in [4.69, 9.17) is 11.6 Å². The molecule has 2 aromatic rings. The maximum absolute atomic E-state index is 13.1. The van der Waals surface area contributed by atoms with Crippen molar-refractivity contribution in [3.8, 4) is 0 Å². The van der Waals surface area contributed by atoms with Gasteiger partial charge in [0.1, 0.15) is 11.4 Å². The molecule has 2 heterocycles. The van der Waals surface area contributed by atoms with E-state index in [0.29, 0.717) is 24.7 Å². The van der Waals surface area contributed by atoms with Crippen LogP contribution in [0.1, 0.15) is 36.7 Å². The average Bonchev–Trinajstić information content (AvgIpc) is 2.96. The molecule has 1 aromatic carbocycles. The first-order chi connectivity index (χ1) is 14.8. The van der Waals surface area contributed by atoms with Crippen LogP contribution in [-0.2, 0) is 27.5 Å². The smallest absolute Gasteiger partial charge is 0.324 e. The van der Waals surface area contributed by atoms with Gasteiger partial charge in [0.15, 0.2) is 0 Å². The van der Waals surface area contributed by atoms with Gasteiger partial charge in [0.25, 0.3) is 0 Å². The number of hydrogen-bond donors (Lipinski definition) is 1. The molecule has 1 aliphatic heterocycles. The molecule has 7 nitrogen and oxygen atoms in total. The summed E-state index contributed by atoms with van der Waals surface area (Å²) < 4.78 is 68.0. The van der Waals surface area contributed by atoms with Gasteiger partial charge in [-0.05, 0) is 50.8 Å². The van der Waals surface area contributed by atoms with Crippen molar-refractivity contribution in [2.45, 2.75) is 51.2 Å². The first-order valence-corrected chi connectivity index (χ1v) is 11.8. The van der Waals surface area contributed by atoms with E-state index in [9.17, 15) is 26.4 Å². The Kier molecular flexibility index (Phi) is 6.92. The van der Waals surface area contributed by atoms with E-state index >= 15 is 0 Å².